The Morgan fingerprint density at radius 1 is 1.29 bits per heavy atom. The van der Waals surface area contributed by atoms with Gasteiger partial charge in [-0.05, 0) is 49.1 Å². The van der Waals surface area contributed by atoms with E-state index in [9.17, 15) is 14.4 Å². The number of anilines is 1. The van der Waals surface area contributed by atoms with Crippen molar-refractivity contribution in [3.63, 3.8) is 0 Å². The number of nitrogens with zero attached hydrogens (tertiary/aromatic N) is 5. The number of benzene rings is 1. The lowest BCUT2D eigenvalue weighted by atomic mass is 10.00. The van der Waals surface area contributed by atoms with E-state index in [-0.39, 0.29) is 17.8 Å². The number of rotatable bonds is 5. The average molecular weight is 418 g/mol. The number of amides is 1. The van der Waals surface area contributed by atoms with E-state index < -0.39 is 0 Å². The number of carbonyl (C=O) groups excluding carboxylic acids is 1. The monoisotopic (exact) mass is 418 g/mol. The van der Waals surface area contributed by atoms with Gasteiger partial charge in [-0.15, -0.1) is 0 Å². The number of hydrogen-bond donors (Lipinski definition) is 1. The fourth-order valence-electron chi connectivity index (χ4n) is 3.95. The highest BCUT2D eigenvalue weighted by molar-refractivity contribution is 5.99. The van der Waals surface area contributed by atoms with Gasteiger partial charge in [-0.25, -0.2) is 9.37 Å². The predicted octanol–water partition coefficient (Wildman–Crippen LogP) is 3.60. The summed E-state index contributed by atoms with van der Waals surface area (Å²) < 4.78 is 15.0. The summed E-state index contributed by atoms with van der Waals surface area (Å²) >= 11 is 0. The fraction of sp³-hybridized carbons (Fsp3) is 0.304. The van der Waals surface area contributed by atoms with Crippen LogP contribution in [0.2, 0.25) is 0 Å². The standard InChI is InChI=1S/C23H23FN6O/c1-29-15-20(16-7-9-18(24)10-8-16)21(28-29)23(31)30-12-3-2-6-19(30)14-27-22-17(13-25)5-4-11-26-22/h4-5,7-11,15,19H,2-3,6,12,14H2,1H3,(H,26,27)/t19-/m0/s1. The van der Waals surface area contributed by atoms with Crippen molar-refractivity contribution in [2.75, 3.05) is 18.4 Å². The molecule has 1 aromatic carbocycles. The van der Waals surface area contributed by atoms with Gasteiger partial charge < -0.3 is 10.2 Å². The van der Waals surface area contributed by atoms with Crippen LogP contribution in [-0.2, 0) is 7.05 Å². The third kappa shape index (κ3) is 4.40. The van der Waals surface area contributed by atoms with Gasteiger partial charge in [0.15, 0.2) is 5.69 Å². The van der Waals surface area contributed by atoms with E-state index in [0.717, 1.165) is 24.8 Å². The molecule has 0 aliphatic carbocycles. The summed E-state index contributed by atoms with van der Waals surface area (Å²) in [5, 5.41) is 16.9. The molecule has 2 aromatic heterocycles. The number of pyridine rings is 1. The molecule has 0 bridgehead atoms. The van der Waals surface area contributed by atoms with E-state index in [0.29, 0.717) is 35.7 Å². The number of aromatic nitrogens is 3. The molecule has 0 saturated carbocycles. The van der Waals surface area contributed by atoms with Crippen LogP contribution in [0.4, 0.5) is 10.2 Å². The minimum Gasteiger partial charge on any atom is -0.367 e. The lowest BCUT2D eigenvalue weighted by Crippen LogP contribution is -2.47. The van der Waals surface area contributed by atoms with Crippen LogP contribution in [0.5, 0.6) is 0 Å². The molecule has 31 heavy (non-hydrogen) atoms. The zero-order valence-electron chi connectivity index (χ0n) is 17.3. The maximum absolute atomic E-state index is 13.5. The Bertz CT molecular complexity index is 1120. The number of halogens is 1. The van der Waals surface area contributed by atoms with Gasteiger partial charge in [0.1, 0.15) is 17.7 Å². The van der Waals surface area contributed by atoms with Gasteiger partial charge in [0.05, 0.1) is 5.56 Å². The first kappa shape index (κ1) is 20.5. The SMILES string of the molecule is Cn1cc(-c2ccc(F)cc2)c(C(=O)N2CCCC[C@H]2CNc2ncccc2C#N)n1. The molecule has 3 aromatic rings. The van der Waals surface area contributed by atoms with Crippen LogP contribution in [-0.4, -0.2) is 44.7 Å². The maximum Gasteiger partial charge on any atom is 0.275 e. The van der Waals surface area contributed by atoms with Gasteiger partial charge in [0.2, 0.25) is 0 Å². The van der Waals surface area contributed by atoms with Crippen molar-refractivity contribution >= 4 is 11.7 Å². The van der Waals surface area contributed by atoms with E-state index in [1.54, 1.807) is 48.4 Å². The van der Waals surface area contributed by atoms with Crippen LogP contribution in [0.25, 0.3) is 11.1 Å². The summed E-state index contributed by atoms with van der Waals surface area (Å²) in [6.07, 6.45) is 6.22. The van der Waals surface area contributed by atoms with Crippen LogP contribution in [0.1, 0.15) is 35.3 Å². The van der Waals surface area contributed by atoms with Crippen molar-refractivity contribution in [1.82, 2.24) is 19.7 Å². The molecule has 0 spiro atoms. The minimum absolute atomic E-state index is 0.0436. The molecule has 7 nitrogen and oxygen atoms in total. The first-order valence-corrected chi connectivity index (χ1v) is 10.3. The highest BCUT2D eigenvalue weighted by atomic mass is 19.1. The molecular formula is C23H23FN6O. The summed E-state index contributed by atoms with van der Waals surface area (Å²) in [5.74, 6) is 0.0507. The molecule has 3 heterocycles. The third-order valence-electron chi connectivity index (χ3n) is 5.51. The van der Waals surface area contributed by atoms with Crippen LogP contribution >= 0.6 is 0 Å². The normalized spacial score (nSPS) is 16.0. The number of piperidine rings is 1. The Balaban J connectivity index is 1.57. The van der Waals surface area contributed by atoms with Crippen LogP contribution in [0.15, 0.2) is 48.8 Å². The highest BCUT2D eigenvalue weighted by Crippen LogP contribution is 2.27. The maximum atomic E-state index is 13.5. The van der Waals surface area contributed by atoms with Crippen LogP contribution in [0.3, 0.4) is 0 Å². The molecule has 1 saturated heterocycles. The molecule has 0 radical (unpaired) electrons. The number of hydrogen-bond acceptors (Lipinski definition) is 5. The summed E-state index contributed by atoms with van der Waals surface area (Å²) in [5.41, 5.74) is 2.26. The second kappa shape index (κ2) is 8.96. The van der Waals surface area contributed by atoms with E-state index in [4.69, 9.17) is 0 Å². The zero-order valence-corrected chi connectivity index (χ0v) is 17.3. The molecule has 0 unspecified atom stereocenters. The molecule has 1 atom stereocenters. The highest BCUT2D eigenvalue weighted by Gasteiger charge is 2.31. The number of carbonyl (C=O) groups is 1. The summed E-state index contributed by atoms with van der Waals surface area (Å²) in [6.45, 7) is 1.13. The molecule has 1 fully saturated rings. The molecule has 1 aliphatic heterocycles. The summed E-state index contributed by atoms with van der Waals surface area (Å²) in [6, 6.07) is 11.6. The summed E-state index contributed by atoms with van der Waals surface area (Å²) in [4.78, 5) is 19.6. The Labute approximate surface area is 180 Å². The van der Waals surface area contributed by atoms with Crippen molar-refractivity contribution in [2.24, 2.45) is 7.05 Å². The van der Waals surface area contributed by atoms with Gasteiger partial charge in [-0.1, -0.05) is 12.1 Å². The topological polar surface area (TPSA) is 86.8 Å². The van der Waals surface area contributed by atoms with Crippen molar-refractivity contribution in [3.8, 4) is 17.2 Å². The largest absolute Gasteiger partial charge is 0.367 e. The predicted molar refractivity (Wildman–Crippen MR) is 115 cm³/mol. The Kier molecular flexibility index (Phi) is 5.94. The van der Waals surface area contributed by atoms with Crippen molar-refractivity contribution < 1.29 is 9.18 Å². The van der Waals surface area contributed by atoms with Crippen molar-refractivity contribution in [2.45, 2.75) is 25.3 Å². The second-order valence-electron chi connectivity index (χ2n) is 7.61. The van der Waals surface area contributed by atoms with Gasteiger partial charge in [-0.2, -0.15) is 10.4 Å². The first-order chi connectivity index (χ1) is 15.1. The van der Waals surface area contributed by atoms with Gasteiger partial charge in [-0.3, -0.25) is 9.48 Å². The van der Waals surface area contributed by atoms with Crippen LogP contribution < -0.4 is 5.32 Å². The molecule has 1 amide bonds. The minimum atomic E-state index is -0.325. The molecule has 8 heteroatoms. The van der Waals surface area contributed by atoms with E-state index >= 15 is 0 Å². The molecule has 4 rings (SSSR count). The number of nitriles is 1. The first-order valence-electron chi connectivity index (χ1n) is 10.3. The second-order valence-corrected chi connectivity index (χ2v) is 7.61. The average Bonchev–Trinajstić information content (AvgIpc) is 3.19. The number of aryl methyl sites for hydroxylation is 1. The molecule has 1 N–H and O–H groups in total. The molecule has 1 aliphatic rings. The Hall–Kier alpha value is -3.73. The smallest absolute Gasteiger partial charge is 0.275 e. The quantitative estimate of drug-likeness (QED) is 0.684. The summed E-state index contributed by atoms with van der Waals surface area (Å²) in [7, 11) is 1.77. The lowest BCUT2D eigenvalue weighted by molar-refractivity contribution is 0.0622. The van der Waals surface area contributed by atoms with Crippen molar-refractivity contribution in [1.29, 1.82) is 5.26 Å². The Morgan fingerprint density at radius 3 is 2.87 bits per heavy atom. The van der Waals surface area contributed by atoms with Gasteiger partial charge >= 0.3 is 0 Å². The third-order valence-corrected chi connectivity index (χ3v) is 5.51. The van der Waals surface area contributed by atoms with Crippen molar-refractivity contribution in [3.05, 3.63) is 65.9 Å². The molecule has 158 valence electrons. The van der Waals surface area contributed by atoms with E-state index in [1.165, 1.54) is 12.1 Å². The van der Waals surface area contributed by atoms with E-state index in [2.05, 4.69) is 21.5 Å². The fourth-order valence-corrected chi connectivity index (χ4v) is 3.95. The van der Waals surface area contributed by atoms with Crippen LogP contribution in [0, 0.1) is 17.1 Å². The number of nitrogens with one attached hydrogen (secondary N) is 1. The molecular weight excluding hydrogens is 395 g/mol. The van der Waals surface area contributed by atoms with Gasteiger partial charge in [0, 0.05) is 44.1 Å². The zero-order chi connectivity index (χ0) is 21.8. The lowest BCUT2D eigenvalue weighted by Gasteiger charge is -2.35. The Morgan fingerprint density at radius 2 is 2.10 bits per heavy atom. The van der Waals surface area contributed by atoms with E-state index in [1.807, 2.05) is 4.90 Å². The number of likely N-dealkylation sites (tertiary alicyclic amines) is 1. The van der Waals surface area contributed by atoms with Gasteiger partial charge in [0.25, 0.3) is 5.91 Å².